The number of ketones is 1. The molecule has 0 unspecified atom stereocenters. The lowest BCUT2D eigenvalue weighted by molar-refractivity contribution is -0.111. The summed E-state index contributed by atoms with van der Waals surface area (Å²) in [6.07, 6.45) is 3.57. The highest BCUT2D eigenvalue weighted by atomic mass is 16.1. The van der Waals surface area contributed by atoms with Crippen LogP contribution in [0.4, 0.5) is 0 Å². The average Bonchev–Trinajstić information content (AvgIpc) is 2.05. The molecule has 1 rings (SSSR count). The lowest BCUT2D eigenvalue weighted by atomic mass is 10.2. The summed E-state index contributed by atoms with van der Waals surface area (Å²) in [6, 6.07) is 0. The largest absolute Gasteiger partial charge is 0.370 e. The summed E-state index contributed by atoms with van der Waals surface area (Å²) in [7, 11) is 0. The van der Waals surface area contributed by atoms with E-state index >= 15 is 0 Å². The van der Waals surface area contributed by atoms with Crippen LogP contribution in [-0.2, 0) is 4.79 Å². The van der Waals surface area contributed by atoms with Crippen molar-refractivity contribution in [2.24, 2.45) is 4.99 Å². The van der Waals surface area contributed by atoms with E-state index in [4.69, 9.17) is 0 Å². The van der Waals surface area contributed by atoms with Gasteiger partial charge in [-0.3, -0.25) is 9.79 Å². The van der Waals surface area contributed by atoms with Crippen molar-refractivity contribution in [3.05, 3.63) is 12.4 Å². The quantitative estimate of drug-likeness (QED) is 0.587. The molecular weight excluding hydrogens is 140 g/mol. The van der Waals surface area contributed by atoms with Crippen LogP contribution in [-0.4, -0.2) is 29.5 Å². The molecule has 0 aromatic carbocycles. The summed E-state index contributed by atoms with van der Waals surface area (Å²) < 4.78 is 0. The highest BCUT2D eigenvalue weighted by molar-refractivity contribution is 6.40. The first-order valence-corrected chi connectivity index (χ1v) is 3.72. The summed E-state index contributed by atoms with van der Waals surface area (Å²) in [4.78, 5) is 16.9. The predicted octanol–water partition coefficient (Wildman–Crippen LogP) is 0.823. The van der Waals surface area contributed by atoms with Gasteiger partial charge < -0.3 is 4.90 Å². The maximum atomic E-state index is 10.9. The molecule has 0 N–H and O–H groups in total. The zero-order chi connectivity index (χ0) is 8.27. The Morgan fingerprint density at radius 3 is 3.09 bits per heavy atom. The highest BCUT2D eigenvalue weighted by Gasteiger charge is 2.10. The van der Waals surface area contributed by atoms with Gasteiger partial charge in [0.2, 0.25) is 0 Å². The van der Waals surface area contributed by atoms with Crippen LogP contribution in [0.5, 0.6) is 0 Å². The zero-order valence-electron chi connectivity index (χ0n) is 6.87. The van der Waals surface area contributed by atoms with Crippen LogP contribution in [0.15, 0.2) is 17.4 Å². The van der Waals surface area contributed by atoms with Crippen molar-refractivity contribution >= 4 is 11.5 Å². The summed E-state index contributed by atoms with van der Waals surface area (Å²) in [5.74, 6) is 0.0628. The van der Waals surface area contributed by atoms with E-state index in [0.29, 0.717) is 12.3 Å². The molecule has 0 atom stereocenters. The van der Waals surface area contributed by atoms with Gasteiger partial charge in [0, 0.05) is 25.9 Å². The molecule has 0 bridgehead atoms. The molecule has 0 saturated heterocycles. The van der Waals surface area contributed by atoms with E-state index < -0.39 is 0 Å². The molecular formula is C8H12N2O. The molecule has 1 aliphatic rings. The third kappa shape index (κ3) is 1.90. The van der Waals surface area contributed by atoms with E-state index in [9.17, 15) is 4.79 Å². The van der Waals surface area contributed by atoms with Gasteiger partial charge in [-0.15, -0.1) is 0 Å². The van der Waals surface area contributed by atoms with Crippen LogP contribution in [0.25, 0.3) is 0 Å². The number of carbonyl (C=O) groups excluding carboxylic acids is 1. The molecule has 0 aromatic rings. The van der Waals surface area contributed by atoms with Gasteiger partial charge in [0.15, 0.2) is 5.78 Å². The van der Waals surface area contributed by atoms with Crippen LogP contribution in [0.3, 0.4) is 0 Å². The Morgan fingerprint density at radius 1 is 1.82 bits per heavy atom. The minimum Gasteiger partial charge on any atom is -0.370 e. The Balaban J connectivity index is 2.64. The van der Waals surface area contributed by atoms with Crippen LogP contribution in [0.2, 0.25) is 0 Å². The second-order valence-electron chi connectivity index (χ2n) is 2.49. The monoisotopic (exact) mass is 152 g/mol. The Labute approximate surface area is 66.4 Å². The maximum absolute atomic E-state index is 10.9. The molecule has 11 heavy (non-hydrogen) atoms. The van der Waals surface area contributed by atoms with E-state index in [2.05, 4.69) is 4.99 Å². The Kier molecular flexibility index (Phi) is 2.41. The number of nitrogens with zero attached hydrogens (tertiary/aromatic N) is 2. The first-order chi connectivity index (χ1) is 5.24. The van der Waals surface area contributed by atoms with Crippen molar-refractivity contribution in [2.45, 2.75) is 13.8 Å². The normalized spacial score (nSPS) is 16.5. The molecule has 0 amide bonds. The number of hydrogen-bond donors (Lipinski definition) is 0. The van der Waals surface area contributed by atoms with E-state index in [0.717, 1.165) is 6.54 Å². The maximum Gasteiger partial charge on any atom is 0.175 e. The minimum atomic E-state index is 0.0628. The van der Waals surface area contributed by atoms with Crippen molar-refractivity contribution in [2.75, 3.05) is 13.1 Å². The molecule has 0 radical (unpaired) electrons. The Bertz CT molecular complexity index is 218. The molecule has 60 valence electrons. The van der Waals surface area contributed by atoms with Crippen LogP contribution in [0, 0.1) is 0 Å². The minimum absolute atomic E-state index is 0.0628. The summed E-state index contributed by atoms with van der Waals surface area (Å²) in [5.41, 5.74) is 0.648. The Hall–Kier alpha value is -1.12. The number of Topliss-reactive ketones (excluding diaryl/α,β-unsaturated/α-hetero) is 1. The fraction of sp³-hybridized carbons (Fsp3) is 0.500. The van der Waals surface area contributed by atoms with E-state index in [1.165, 1.54) is 0 Å². The molecule has 1 heterocycles. The van der Waals surface area contributed by atoms with E-state index in [-0.39, 0.29) is 5.78 Å². The molecule has 0 spiro atoms. The van der Waals surface area contributed by atoms with Crippen molar-refractivity contribution in [3.8, 4) is 0 Å². The van der Waals surface area contributed by atoms with Crippen molar-refractivity contribution < 1.29 is 4.79 Å². The molecule has 1 aliphatic heterocycles. The molecule has 0 aliphatic carbocycles. The summed E-state index contributed by atoms with van der Waals surface area (Å²) in [5, 5.41) is 0. The standard InChI is InChI=1S/C8H12N2O/c1-3-10-5-4-9-8(6-10)7(2)11/h4-5H,3,6H2,1-2H3. The third-order valence-electron chi connectivity index (χ3n) is 1.67. The van der Waals surface area contributed by atoms with Gasteiger partial charge in [-0.05, 0) is 6.92 Å². The second kappa shape index (κ2) is 3.32. The van der Waals surface area contributed by atoms with Crippen molar-refractivity contribution in [3.63, 3.8) is 0 Å². The SMILES string of the molecule is CCN1C=CN=C(C(C)=O)C1. The van der Waals surface area contributed by atoms with Gasteiger partial charge in [-0.25, -0.2) is 0 Å². The first kappa shape index (κ1) is 7.98. The Morgan fingerprint density at radius 2 is 2.55 bits per heavy atom. The third-order valence-corrected chi connectivity index (χ3v) is 1.67. The molecule has 0 aromatic heterocycles. The molecule has 3 heteroatoms. The zero-order valence-corrected chi connectivity index (χ0v) is 6.87. The second-order valence-corrected chi connectivity index (χ2v) is 2.49. The fourth-order valence-corrected chi connectivity index (χ4v) is 0.923. The number of rotatable bonds is 2. The van der Waals surface area contributed by atoms with Crippen LogP contribution in [0.1, 0.15) is 13.8 Å². The average molecular weight is 152 g/mol. The van der Waals surface area contributed by atoms with Gasteiger partial charge in [0.1, 0.15) is 5.71 Å². The highest BCUT2D eigenvalue weighted by Crippen LogP contribution is 1.99. The number of aliphatic imine (C=N–C) groups is 1. The lowest BCUT2D eigenvalue weighted by Gasteiger charge is -2.20. The van der Waals surface area contributed by atoms with Gasteiger partial charge in [-0.1, -0.05) is 0 Å². The number of hydrogen-bond acceptors (Lipinski definition) is 3. The van der Waals surface area contributed by atoms with Crippen LogP contribution < -0.4 is 0 Å². The number of carbonyl (C=O) groups is 1. The first-order valence-electron chi connectivity index (χ1n) is 3.72. The van der Waals surface area contributed by atoms with Gasteiger partial charge >= 0.3 is 0 Å². The summed E-state index contributed by atoms with van der Waals surface area (Å²) >= 11 is 0. The van der Waals surface area contributed by atoms with Gasteiger partial charge in [0.25, 0.3) is 0 Å². The molecule has 0 fully saturated rings. The molecule has 3 nitrogen and oxygen atoms in total. The summed E-state index contributed by atoms with van der Waals surface area (Å²) in [6.45, 7) is 5.17. The van der Waals surface area contributed by atoms with E-state index in [1.54, 1.807) is 13.1 Å². The van der Waals surface area contributed by atoms with Gasteiger partial charge in [0.05, 0.1) is 6.54 Å². The lowest BCUT2D eigenvalue weighted by Crippen LogP contribution is -2.30. The van der Waals surface area contributed by atoms with Crippen LogP contribution >= 0.6 is 0 Å². The predicted molar refractivity (Wildman–Crippen MR) is 44.5 cm³/mol. The fourth-order valence-electron chi connectivity index (χ4n) is 0.923. The molecule has 0 saturated carbocycles. The topological polar surface area (TPSA) is 32.7 Å². The smallest absolute Gasteiger partial charge is 0.175 e. The van der Waals surface area contributed by atoms with Crippen molar-refractivity contribution in [1.82, 2.24) is 4.90 Å². The van der Waals surface area contributed by atoms with Crippen molar-refractivity contribution in [1.29, 1.82) is 0 Å². The van der Waals surface area contributed by atoms with Gasteiger partial charge in [-0.2, -0.15) is 0 Å². The van der Waals surface area contributed by atoms with E-state index in [1.807, 2.05) is 18.0 Å².